The van der Waals surface area contributed by atoms with Crippen LogP contribution in [0.5, 0.6) is 17.2 Å². The molecule has 5 heteroatoms. The van der Waals surface area contributed by atoms with Gasteiger partial charge in [0, 0.05) is 34.4 Å². The molecule has 28 heavy (non-hydrogen) atoms. The third kappa shape index (κ3) is 3.24. The Morgan fingerprint density at radius 1 is 1.07 bits per heavy atom. The summed E-state index contributed by atoms with van der Waals surface area (Å²) in [6.45, 7) is 8.02. The molecule has 0 aromatic heterocycles. The van der Waals surface area contributed by atoms with E-state index >= 15 is 0 Å². The topological polar surface area (TPSA) is 56.8 Å². The van der Waals surface area contributed by atoms with Crippen molar-refractivity contribution in [2.75, 3.05) is 19.8 Å². The monoisotopic (exact) mass is 381 g/mol. The van der Waals surface area contributed by atoms with E-state index in [0.717, 1.165) is 29.8 Å². The first kappa shape index (κ1) is 18.8. The first-order valence-electron chi connectivity index (χ1n) is 10.2. The van der Waals surface area contributed by atoms with E-state index in [1.807, 2.05) is 44.2 Å². The van der Waals surface area contributed by atoms with Crippen LogP contribution in [0.4, 0.5) is 0 Å². The molecule has 1 heterocycles. The van der Waals surface area contributed by atoms with Crippen molar-refractivity contribution < 1.29 is 19.0 Å². The summed E-state index contributed by atoms with van der Waals surface area (Å²) in [4.78, 5) is 13.1. The smallest absolute Gasteiger partial charge is 0.194 e. The summed E-state index contributed by atoms with van der Waals surface area (Å²) < 4.78 is 17.9. The van der Waals surface area contributed by atoms with Crippen LogP contribution in [0, 0.1) is 0 Å². The predicted octanol–water partition coefficient (Wildman–Crippen LogP) is 4.21. The van der Waals surface area contributed by atoms with Crippen LogP contribution in [0.3, 0.4) is 0 Å². The summed E-state index contributed by atoms with van der Waals surface area (Å²) in [5, 5.41) is 3.49. The molecule has 2 aliphatic rings. The second kappa shape index (κ2) is 7.84. The Labute approximate surface area is 166 Å². The zero-order valence-electron chi connectivity index (χ0n) is 16.7. The first-order valence-corrected chi connectivity index (χ1v) is 10.2. The molecule has 148 valence electrons. The van der Waals surface area contributed by atoms with E-state index in [9.17, 15) is 4.79 Å². The number of benzene rings is 2. The van der Waals surface area contributed by atoms with E-state index in [4.69, 9.17) is 14.2 Å². The van der Waals surface area contributed by atoms with Gasteiger partial charge in [0.15, 0.2) is 5.78 Å². The average molecular weight is 381 g/mol. The molecular weight excluding hydrogens is 354 g/mol. The van der Waals surface area contributed by atoms with Crippen LogP contribution in [-0.4, -0.2) is 37.7 Å². The first-order chi connectivity index (χ1) is 13.6. The lowest BCUT2D eigenvalue weighted by Gasteiger charge is -2.23. The van der Waals surface area contributed by atoms with Crippen LogP contribution in [0.15, 0.2) is 30.3 Å². The summed E-state index contributed by atoms with van der Waals surface area (Å²) >= 11 is 0. The Kier molecular flexibility index (Phi) is 5.27. The van der Waals surface area contributed by atoms with Crippen LogP contribution in [0.1, 0.15) is 49.5 Å². The highest BCUT2D eigenvalue weighted by molar-refractivity contribution is 6.23. The van der Waals surface area contributed by atoms with Crippen molar-refractivity contribution in [3.05, 3.63) is 41.5 Å². The van der Waals surface area contributed by atoms with Crippen molar-refractivity contribution in [2.24, 2.45) is 0 Å². The van der Waals surface area contributed by atoms with Gasteiger partial charge >= 0.3 is 0 Å². The minimum atomic E-state index is -0.00963. The maximum absolute atomic E-state index is 13.1. The van der Waals surface area contributed by atoms with Gasteiger partial charge < -0.3 is 19.5 Å². The lowest BCUT2D eigenvalue weighted by Crippen LogP contribution is -2.36. The fraction of sp³-hybridized carbons (Fsp3) is 0.435. The van der Waals surface area contributed by atoms with Gasteiger partial charge in [-0.3, -0.25) is 4.79 Å². The third-order valence-electron chi connectivity index (χ3n) is 5.43. The van der Waals surface area contributed by atoms with E-state index in [-0.39, 0.29) is 11.9 Å². The molecule has 4 rings (SSSR count). The lowest BCUT2D eigenvalue weighted by molar-refractivity contribution is 0.104. The summed E-state index contributed by atoms with van der Waals surface area (Å²) in [6, 6.07) is 9.70. The molecule has 0 saturated carbocycles. The molecule has 1 N–H and O–H groups in total. The lowest BCUT2D eigenvalue weighted by atomic mass is 10.0. The van der Waals surface area contributed by atoms with Crippen LogP contribution in [0.25, 0.3) is 11.1 Å². The summed E-state index contributed by atoms with van der Waals surface area (Å²) in [7, 11) is 0. The second-order valence-electron chi connectivity index (χ2n) is 7.24. The van der Waals surface area contributed by atoms with E-state index in [1.165, 1.54) is 6.42 Å². The predicted molar refractivity (Wildman–Crippen MR) is 109 cm³/mol. The highest BCUT2D eigenvalue weighted by atomic mass is 16.5. The number of carbonyl (C=O) groups is 1. The molecule has 1 saturated heterocycles. The maximum Gasteiger partial charge on any atom is 0.194 e. The van der Waals surface area contributed by atoms with Crippen molar-refractivity contribution in [3.8, 4) is 28.4 Å². The fourth-order valence-electron chi connectivity index (χ4n) is 4.16. The minimum Gasteiger partial charge on any atom is -0.494 e. The van der Waals surface area contributed by atoms with Crippen molar-refractivity contribution in [2.45, 2.75) is 45.8 Å². The van der Waals surface area contributed by atoms with Gasteiger partial charge in [-0.2, -0.15) is 0 Å². The van der Waals surface area contributed by atoms with Gasteiger partial charge in [0.2, 0.25) is 0 Å². The van der Waals surface area contributed by atoms with E-state index < -0.39 is 0 Å². The van der Waals surface area contributed by atoms with Gasteiger partial charge in [-0.05, 0) is 52.3 Å². The molecule has 1 fully saturated rings. The Morgan fingerprint density at radius 3 is 2.57 bits per heavy atom. The molecule has 5 nitrogen and oxygen atoms in total. The van der Waals surface area contributed by atoms with Gasteiger partial charge in [-0.15, -0.1) is 0 Å². The zero-order valence-corrected chi connectivity index (χ0v) is 16.7. The van der Waals surface area contributed by atoms with Crippen LogP contribution >= 0.6 is 0 Å². The molecule has 1 aliphatic heterocycles. The third-order valence-corrected chi connectivity index (χ3v) is 5.43. The second-order valence-corrected chi connectivity index (χ2v) is 7.24. The molecule has 2 aromatic carbocycles. The van der Waals surface area contributed by atoms with Gasteiger partial charge in [-0.25, -0.2) is 0 Å². The van der Waals surface area contributed by atoms with Crippen molar-refractivity contribution in [1.82, 2.24) is 5.32 Å². The number of ether oxygens (including phenoxy) is 3. The SMILES string of the molecule is CCOc1cc(OCC)c2c(c1)C(=O)c1cccc(OC(C)C3CCCN3)c1-2. The number of hydrogen-bond donors (Lipinski definition) is 1. The van der Waals surface area contributed by atoms with Gasteiger partial charge in [-0.1, -0.05) is 12.1 Å². The Morgan fingerprint density at radius 2 is 1.86 bits per heavy atom. The maximum atomic E-state index is 13.1. The molecule has 2 unspecified atom stereocenters. The largest absolute Gasteiger partial charge is 0.494 e. The standard InChI is InChI=1S/C23H27NO4/c1-4-26-15-12-17-22(20(13-15)27-5-2)21-16(23(17)25)8-6-10-19(21)28-14(3)18-9-7-11-24-18/h6,8,10,12-14,18,24H,4-5,7,9,11H2,1-3H3. The quantitative estimate of drug-likeness (QED) is 0.664. The normalized spacial score (nSPS) is 18.5. The highest BCUT2D eigenvalue weighted by Gasteiger charge is 2.34. The number of ketones is 1. The van der Waals surface area contributed by atoms with Crippen LogP contribution < -0.4 is 19.5 Å². The van der Waals surface area contributed by atoms with E-state index in [1.54, 1.807) is 0 Å². The molecule has 0 amide bonds. The van der Waals surface area contributed by atoms with E-state index in [2.05, 4.69) is 12.2 Å². The number of rotatable bonds is 7. The summed E-state index contributed by atoms with van der Waals surface area (Å²) in [5.74, 6) is 2.04. The number of fused-ring (bicyclic) bond motifs is 3. The van der Waals surface area contributed by atoms with Crippen LogP contribution in [-0.2, 0) is 0 Å². The Hall–Kier alpha value is -2.53. The number of carbonyl (C=O) groups excluding carboxylic acids is 1. The summed E-state index contributed by atoms with van der Waals surface area (Å²) in [6.07, 6.45) is 2.29. The molecule has 0 spiro atoms. The fourth-order valence-corrected chi connectivity index (χ4v) is 4.16. The molecular formula is C23H27NO4. The number of nitrogens with one attached hydrogen (secondary N) is 1. The van der Waals surface area contributed by atoms with Crippen molar-refractivity contribution in [3.63, 3.8) is 0 Å². The highest BCUT2D eigenvalue weighted by Crippen LogP contribution is 2.49. The molecule has 1 aliphatic carbocycles. The minimum absolute atomic E-state index is 0.00963. The van der Waals surface area contributed by atoms with Crippen LogP contribution in [0.2, 0.25) is 0 Å². The van der Waals surface area contributed by atoms with Gasteiger partial charge in [0.1, 0.15) is 23.4 Å². The summed E-state index contributed by atoms with van der Waals surface area (Å²) in [5.41, 5.74) is 2.92. The number of hydrogen-bond acceptors (Lipinski definition) is 5. The average Bonchev–Trinajstić information content (AvgIpc) is 3.31. The molecule has 2 atom stereocenters. The van der Waals surface area contributed by atoms with Gasteiger partial charge in [0.25, 0.3) is 0 Å². The van der Waals surface area contributed by atoms with Gasteiger partial charge in [0.05, 0.1) is 13.2 Å². The van der Waals surface area contributed by atoms with Crippen molar-refractivity contribution >= 4 is 5.78 Å². The Balaban J connectivity index is 1.79. The zero-order chi connectivity index (χ0) is 19.7. The molecule has 0 bridgehead atoms. The van der Waals surface area contributed by atoms with E-state index in [0.29, 0.717) is 41.9 Å². The van der Waals surface area contributed by atoms with Crippen molar-refractivity contribution in [1.29, 1.82) is 0 Å². The molecule has 0 radical (unpaired) electrons. The molecule has 2 aromatic rings. The Bertz CT molecular complexity index is 886.